The quantitative estimate of drug-likeness (QED) is 0.422. The highest BCUT2D eigenvalue weighted by atomic mass is 79.9. The van der Waals surface area contributed by atoms with Crippen LogP contribution in [0.4, 0.5) is 0 Å². The van der Waals surface area contributed by atoms with Crippen molar-refractivity contribution >= 4 is 57.1 Å². The first-order chi connectivity index (χ1) is 11.4. The topological polar surface area (TPSA) is 130 Å². The van der Waals surface area contributed by atoms with E-state index in [-0.39, 0.29) is 12.4 Å². The molecule has 4 atom stereocenters. The lowest BCUT2D eigenvalue weighted by atomic mass is 9.96. The number of fused-ring (bicyclic) bond motifs is 1. The van der Waals surface area contributed by atoms with Crippen molar-refractivity contribution < 1.29 is 19.5 Å². The van der Waals surface area contributed by atoms with Gasteiger partial charge in [-0.15, -0.1) is 28.5 Å². The van der Waals surface area contributed by atoms with Gasteiger partial charge in [0.2, 0.25) is 11.8 Å². The molecule has 2 N–H and O–H groups in total. The maximum Gasteiger partial charge on any atom is 0.328 e. The first-order valence-corrected chi connectivity index (χ1v) is 9.32. The molecule has 2 amide bonds. The third-order valence-electron chi connectivity index (χ3n) is 3.91. The highest BCUT2D eigenvalue weighted by Gasteiger charge is 2.66. The van der Waals surface area contributed by atoms with E-state index < -0.39 is 40.0 Å². The highest BCUT2D eigenvalue weighted by Crippen LogP contribution is 2.52. The van der Waals surface area contributed by atoms with E-state index in [1.807, 2.05) is 0 Å². The summed E-state index contributed by atoms with van der Waals surface area (Å²) in [7, 11) is 0. The van der Waals surface area contributed by atoms with Gasteiger partial charge in [0.1, 0.15) is 30.3 Å². The number of hydrogen-bond donors (Lipinski definition) is 2. The number of carboxylic acid groups (broad SMARTS) is 1. The number of nitrogens with zero attached hydrogens (tertiary/aromatic N) is 5. The Hall–Kier alpha value is -1.40. The normalized spacial score (nSPS) is 31.5. The van der Waals surface area contributed by atoms with Crippen molar-refractivity contribution in [1.82, 2.24) is 30.4 Å². The van der Waals surface area contributed by atoms with Crippen LogP contribution in [0.2, 0.25) is 0 Å². The van der Waals surface area contributed by atoms with Gasteiger partial charge in [0.05, 0.1) is 4.75 Å². The number of tetrazole rings is 1. The van der Waals surface area contributed by atoms with Gasteiger partial charge in [0.15, 0.2) is 0 Å². The molecule has 2 aliphatic rings. The average Bonchev–Trinajstić information content (AvgIpc) is 3.16. The fraction of sp³-hybridized carbons (Fsp3) is 0.636. The summed E-state index contributed by atoms with van der Waals surface area (Å²) in [4.78, 5) is 37.2. The minimum atomic E-state index is -1.11. The summed E-state index contributed by atoms with van der Waals surface area (Å²) in [6.07, 6.45) is 1.28. The number of carbonyl (C=O) groups is 3. The summed E-state index contributed by atoms with van der Waals surface area (Å²) in [5.74, 6) is -1.92. The van der Waals surface area contributed by atoms with Gasteiger partial charge in [-0.05, 0) is 10.4 Å². The Morgan fingerprint density at radius 1 is 1.54 bits per heavy atom. The first kappa shape index (κ1) is 17.4. The number of carboxylic acids is 1. The number of hydrogen-bond acceptors (Lipinski definition) is 7. The monoisotopic (exact) mass is 438 g/mol. The number of β-lactam (4-membered cyclic amide) rings is 1. The second-order valence-corrected chi connectivity index (χ2v) is 7.74. The van der Waals surface area contributed by atoms with Gasteiger partial charge < -0.3 is 15.3 Å². The molecule has 13 heteroatoms. The van der Waals surface area contributed by atoms with Crippen LogP contribution in [0.15, 0.2) is 6.33 Å². The van der Waals surface area contributed by atoms with Crippen molar-refractivity contribution in [2.45, 2.75) is 28.7 Å². The van der Waals surface area contributed by atoms with Crippen LogP contribution in [0.3, 0.4) is 0 Å². The minimum Gasteiger partial charge on any atom is -0.480 e. The van der Waals surface area contributed by atoms with Crippen LogP contribution in [0.5, 0.6) is 0 Å². The van der Waals surface area contributed by atoms with Crippen molar-refractivity contribution in [3.63, 3.8) is 0 Å². The highest BCUT2D eigenvalue weighted by molar-refractivity contribution is 9.09. The number of thioether (sulfide) groups is 1. The van der Waals surface area contributed by atoms with Gasteiger partial charge in [-0.2, -0.15) is 0 Å². The first-order valence-electron chi connectivity index (χ1n) is 6.78. The molecule has 1 aromatic heterocycles. The Kier molecular flexibility index (Phi) is 4.71. The molecule has 3 heterocycles. The molecule has 10 nitrogen and oxygen atoms in total. The molecule has 0 aliphatic carbocycles. The van der Waals surface area contributed by atoms with Crippen LogP contribution in [-0.4, -0.2) is 81.4 Å². The van der Waals surface area contributed by atoms with Crippen LogP contribution < -0.4 is 5.32 Å². The Morgan fingerprint density at radius 3 is 2.83 bits per heavy atom. The van der Waals surface area contributed by atoms with E-state index >= 15 is 0 Å². The number of rotatable bonds is 6. The Labute approximate surface area is 153 Å². The number of nitrogens with one attached hydrogen (secondary N) is 1. The molecule has 2 aliphatic heterocycles. The predicted octanol–water partition coefficient (Wildman–Crippen LogP) is -1.10. The Morgan fingerprint density at radius 2 is 2.29 bits per heavy atom. The zero-order valence-electron chi connectivity index (χ0n) is 12.0. The molecule has 130 valence electrons. The third kappa shape index (κ3) is 2.65. The smallest absolute Gasteiger partial charge is 0.328 e. The fourth-order valence-electron chi connectivity index (χ4n) is 2.78. The van der Waals surface area contributed by atoms with E-state index in [9.17, 15) is 19.5 Å². The third-order valence-corrected chi connectivity index (χ3v) is 7.64. The maximum atomic E-state index is 12.3. The molecule has 2 saturated heterocycles. The number of amides is 2. The van der Waals surface area contributed by atoms with Crippen molar-refractivity contribution in [3.8, 4) is 0 Å². The molecule has 24 heavy (non-hydrogen) atoms. The lowest BCUT2D eigenvalue weighted by Crippen LogP contribution is -2.71. The lowest BCUT2D eigenvalue weighted by Gasteiger charge is -2.43. The summed E-state index contributed by atoms with van der Waals surface area (Å²) < 4.78 is 0.378. The summed E-state index contributed by atoms with van der Waals surface area (Å²) >= 11 is 10.6. The van der Waals surface area contributed by atoms with Crippen LogP contribution in [-0.2, 0) is 20.9 Å². The van der Waals surface area contributed by atoms with E-state index in [4.69, 9.17) is 11.6 Å². The second-order valence-electron chi connectivity index (χ2n) is 5.38. The number of halogens is 2. The Bertz CT molecular complexity index is 671. The molecular weight excluding hydrogens is 428 g/mol. The summed E-state index contributed by atoms with van der Waals surface area (Å²) in [5.41, 5.74) is 0. The SMILES string of the molecule is O=C(Cn1cnnn1)NC1C(=O)N2C1SC(CCl)(CBr)C2C(=O)O. The summed E-state index contributed by atoms with van der Waals surface area (Å²) in [5, 5.41) is 22.3. The Balaban J connectivity index is 1.72. The van der Waals surface area contributed by atoms with Crippen molar-refractivity contribution in [2.75, 3.05) is 11.2 Å². The minimum absolute atomic E-state index is 0.0610. The molecule has 0 saturated carbocycles. The molecular formula is C11H12BrClN6O4S. The van der Waals surface area contributed by atoms with Crippen LogP contribution in [0.1, 0.15) is 0 Å². The van der Waals surface area contributed by atoms with Gasteiger partial charge in [-0.3, -0.25) is 9.59 Å². The van der Waals surface area contributed by atoms with Crippen molar-refractivity contribution in [3.05, 3.63) is 6.33 Å². The van der Waals surface area contributed by atoms with Gasteiger partial charge in [-0.1, -0.05) is 15.9 Å². The average molecular weight is 440 g/mol. The molecule has 3 rings (SSSR count). The van der Waals surface area contributed by atoms with Gasteiger partial charge in [-0.25, -0.2) is 9.48 Å². The molecule has 0 radical (unpaired) electrons. The van der Waals surface area contributed by atoms with Crippen LogP contribution in [0, 0.1) is 0 Å². The van der Waals surface area contributed by atoms with Gasteiger partial charge in [0.25, 0.3) is 0 Å². The van der Waals surface area contributed by atoms with E-state index in [1.54, 1.807) is 0 Å². The number of alkyl halides is 2. The fourth-order valence-corrected chi connectivity index (χ4v) is 5.95. The molecule has 0 bridgehead atoms. The van der Waals surface area contributed by atoms with E-state index in [1.165, 1.54) is 27.7 Å². The summed E-state index contributed by atoms with van der Waals surface area (Å²) in [6, 6.07) is -1.82. The number of aromatic nitrogens is 4. The zero-order valence-corrected chi connectivity index (χ0v) is 15.2. The van der Waals surface area contributed by atoms with E-state index in [0.29, 0.717) is 5.33 Å². The van der Waals surface area contributed by atoms with Gasteiger partial charge >= 0.3 is 5.97 Å². The largest absolute Gasteiger partial charge is 0.480 e. The number of carbonyl (C=O) groups excluding carboxylic acids is 2. The zero-order chi connectivity index (χ0) is 17.5. The van der Waals surface area contributed by atoms with Crippen LogP contribution >= 0.6 is 39.3 Å². The standard InChI is InChI=1S/C11H12BrClN6O4S/c12-2-11(3-13)7(10(22)23)19-8(21)6(9(19)24-11)15-5(20)1-18-4-14-16-17-18/h4,6-7,9H,1-3H2,(H,15,20)(H,22,23). The molecule has 2 fully saturated rings. The van der Waals surface area contributed by atoms with E-state index in [0.717, 1.165) is 0 Å². The lowest BCUT2D eigenvalue weighted by molar-refractivity contribution is -0.161. The molecule has 0 aromatic carbocycles. The van der Waals surface area contributed by atoms with E-state index in [2.05, 4.69) is 36.8 Å². The maximum absolute atomic E-state index is 12.3. The second kappa shape index (κ2) is 6.48. The molecule has 0 spiro atoms. The van der Waals surface area contributed by atoms with Crippen molar-refractivity contribution in [1.29, 1.82) is 0 Å². The van der Waals surface area contributed by atoms with Crippen molar-refractivity contribution in [2.24, 2.45) is 0 Å². The van der Waals surface area contributed by atoms with Crippen LogP contribution in [0.25, 0.3) is 0 Å². The number of aliphatic carboxylic acids is 1. The molecule has 1 aromatic rings. The molecule has 4 unspecified atom stereocenters. The summed E-state index contributed by atoms with van der Waals surface area (Å²) in [6.45, 7) is -0.129. The predicted molar refractivity (Wildman–Crippen MR) is 86.6 cm³/mol. The van der Waals surface area contributed by atoms with Gasteiger partial charge in [0, 0.05) is 11.2 Å².